The molecule has 4 rings (SSSR count). The van der Waals surface area contributed by atoms with E-state index in [0.717, 1.165) is 5.69 Å². The molecule has 0 saturated heterocycles. The van der Waals surface area contributed by atoms with Gasteiger partial charge >= 0.3 is 6.61 Å². The average Bonchev–Trinajstić information content (AvgIpc) is 3.04. The maximum absolute atomic E-state index is 13.0. The molecule has 0 saturated carbocycles. The number of para-hydroxylation sites is 2. The molecular formula is C21H16F2N4O2. The Hall–Kier alpha value is -3.86. The van der Waals surface area contributed by atoms with Gasteiger partial charge in [0.15, 0.2) is 0 Å². The van der Waals surface area contributed by atoms with Crippen LogP contribution in [0.25, 0.3) is 5.69 Å². The summed E-state index contributed by atoms with van der Waals surface area (Å²) >= 11 is 0. The van der Waals surface area contributed by atoms with E-state index in [1.54, 1.807) is 29.8 Å². The van der Waals surface area contributed by atoms with Gasteiger partial charge in [0.2, 0.25) is 11.8 Å². The fraction of sp³-hybridized carbons (Fsp3) is 0.143. The number of aromatic nitrogens is 2. The number of alkyl halides is 2. The first kappa shape index (κ1) is 18.5. The zero-order valence-electron chi connectivity index (χ0n) is 15.3. The van der Waals surface area contributed by atoms with E-state index in [9.17, 15) is 14.0 Å². The van der Waals surface area contributed by atoms with Crippen LogP contribution < -0.4 is 15.2 Å². The molecule has 0 spiro atoms. The molecule has 3 aromatic rings. The molecule has 6 nitrogen and oxygen atoms in total. The van der Waals surface area contributed by atoms with Crippen LogP contribution in [-0.4, -0.2) is 16.4 Å². The van der Waals surface area contributed by atoms with E-state index >= 15 is 0 Å². The molecule has 2 heterocycles. The van der Waals surface area contributed by atoms with E-state index < -0.39 is 12.5 Å². The number of hydrogen-bond donors (Lipinski definition) is 1. The molecule has 8 heteroatoms. The van der Waals surface area contributed by atoms with E-state index in [-0.39, 0.29) is 17.2 Å². The van der Waals surface area contributed by atoms with Gasteiger partial charge < -0.3 is 15.2 Å². The number of rotatable bonds is 4. The molecule has 2 N–H and O–H groups in total. The molecule has 1 aliphatic rings. The van der Waals surface area contributed by atoms with Crippen molar-refractivity contribution in [2.24, 2.45) is 5.73 Å². The average molecular weight is 394 g/mol. The van der Waals surface area contributed by atoms with E-state index in [4.69, 9.17) is 15.2 Å². The highest BCUT2D eigenvalue weighted by atomic mass is 19.3. The lowest BCUT2D eigenvalue weighted by Crippen LogP contribution is -2.22. The molecule has 1 atom stereocenters. The summed E-state index contributed by atoms with van der Waals surface area (Å²) in [6, 6.07) is 17.6. The summed E-state index contributed by atoms with van der Waals surface area (Å²) < 4.78 is 38.0. The van der Waals surface area contributed by atoms with Crippen molar-refractivity contribution < 1.29 is 18.3 Å². The van der Waals surface area contributed by atoms with Crippen molar-refractivity contribution in [2.45, 2.75) is 19.5 Å². The van der Waals surface area contributed by atoms with Crippen molar-refractivity contribution in [1.29, 1.82) is 5.26 Å². The molecule has 0 aliphatic carbocycles. The molecule has 0 unspecified atom stereocenters. The Morgan fingerprint density at radius 3 is 2.55 bits per heavy atom. The number of nitrogens with zero attached hydrogens (tertiary/aromatic N) is 3. The van der Waals surface area contributed by atoms with Crippen molar-refractivity contribution in [2.75, 3.05) is 0 Å². The third-order valence-corrected chi connectivity index (χ3v) is 4.68. The van der Waals surface area contributed by atoms with E-state index in [0.29, 0.717) is 22.7 Å². The standard InChI is InChI=1S/C21H16F2N4O2/c1-12-17-18(14-9-5-6-10-16(14)28-21(22)23)15(11-24)19(25)29-20(17)27(26-12)13-7-3-2-4-8-13/h2-10,18,21H,25H2,1H3/t18-/m0/s1. The first-order valence-electron chi connectivity index (χ1n) is 8.77. The number of fused-ring (bicyclic) bond motifs is 1. The van der Waals surface area contributed by atoms with Gasteiger partial charge in [0.05, 0.1) is 22.9 Å². The first-order valence-corrected chi connectivity index (χ1v) is 8.77. The summed E-state index contributed by atoms with van der Waals surface area (Å²) in [7, 11) is 0. The van der Waals surface area contributed by atoms with Gasteiger partial charge in [-0.25, -0.2) is 4.68 Å². The lowest BCUT2D eigenvalue weighted by molar-refractivity contribution is -0.0504. The number of halogens is 2. The van der Waals surface area contributed by atoms with Gasteiger partial charge in [0, 0.05) is 5.56 Å². The van der Waals surface area contributed by atoms with Gasteiger partial charge in [-0.05, 0) is 25.1 Å². The van der Waals surface area contributed by atoms with Crippen LogP contribution in [0.4, 0.5) is 8.78 Å². The Kier molecular flexibility index (Phi) is 4.64. The number of ether oxygens (including phenoxy) is 2. The summed E-state index contributed by atoms with van der Waals surface area (Å²) in [5, 5.41) is 14.3. The molecule has 1 aromatic heterocycles. The van der Waals surface area contributed by atoms with Crippen LogP contribution >= 0.6 is 0 Å². The lowest BCUT2D eigenvalue weighted by Gasteiger charge is -2.26. The second-order valence-corrected chi connectivity index (χ2v) is 6.39. The minimum absolute atomic E-state index is 0.0345. The second kappa shape index (κ2) is 7.28. The summed E-state index contributed by atoms with van der Waals surface area (Å²) in [6.07, 6.45) is 0. The quantitative estimate of drug-likeness (QED) is 0.723. The molecular weight excluding hydrogens is 378 g/mol. The predicted octanol–water partition coefficient (Wildman–Crippen LogP) is 4.00. The molecule has 0 radical (unpaired) electrons. The topological polar surface area (TPSA) is 86.1 Å². The van der Waals surface area contributed by atoms with Crippen LogP contribution in [0.2, 0.25) is 0 Å². The highest BCUT2D eigenvalue weighted by Gasteiger charge is 2.37. The molecule has 1 aliphatic heterocycles. The fourth-order valence-corrected chi connectivity index (χ4v) is 3.49. The Morgan fingerprint density at radius 2 is 1.86 bits per heavy atom. The van der Waals surface area contributed by atoms with Gasteiger partial charge in [0.1, 0.15) is 17.4 Å². The summed E-state index contributed by atoms with van der Waals surface area (Å²) in [4.78, 5) is 0. The first-order chi connectivity index (χ1) is 14.0. The maximum Gasteiger partial charge on any atom is 0.387 e. The van der Waals surface area contributed by atoms with Crippen molar-refractivity contribution in [3.8, 4) is 23.4 Å². The minimum atomic E-state index is -3.00. The van der Waals surface area contributed by atoms with Gasteiger partial charge in [-0.15, -0.1) is 0 Å². The monoisotopic (exact) mass is 394 g/mol. The maximum atomic E-state index is 13.0. The third kappa shape index (κ3) is 3.17. The number of benzene rings is 2. The lowest BCUT2D eigenvalue weighted by atomic mass is 9.83. The van der Waals surface area contributed by atoms with Crippen LogP contribution in [0.1, 0.15) is 22.7 Å². The molecule has 0 bridgehead atoms. The second-order valence-electron chi connectivity index (χ2n) is 6.39. The Labute approximate surface area is 165 Å². The number of nitriles is 1. The molecule has 2 aromatic carbocycles. The number of hydrogen-bond acceptors (Lipinski definition) is 5. The smallest absolute Gasteiger partial charge is 0.387 e. The summed E-state index contributed by atoms with van der Waals surface area (Å²) in [5.74, 6) is -0.556. The normalized spacial score (nSPS) is 15.6. The van der Waals surface area contributed by atoms with Crippen molar-refractivity contribution >= 4 is 0 Å². The SMILES string of the molecule is Cc1nn(-c2ccccc2)c2c1[C@@H](c1ccccc1OC(F)F)C(C#N)=C(N)O2. The van der Waals surface area contributed by atoms with Gasteiger partial charge in [0.25, 0.3) is 0 Å². The van der Waals surface area contributed by atoms with Crippen LogP contribution in [0.15, 0.2) is 66.1 Å². The molecule has 0 amide bonds. The largest absolute Gasteiger partial charge is 0.435 e. The van der Waals surface area contributed by atoms with Crippen molar-refractivity contribution in [1.82, 2.24) is 9.78 Å². The molecule has 29 heavy (non-hydrogen) atoms. The van der Waals surface area contributed by atoms with Crippen LogP contribution in [-0.2, 0) is 0 Å². The number of allylic oxidation sites excluding steroid dienone is 1. The fourth-order valence-electron chi connectivity index (χ4n) is 3.49. The highest BCUT2D eigenvalue weighted by molar-refractivity contribution is 5.59. The number of nitrogens with two attached hydrogens (primary N) is 1. The Bertz CT molecular complexity index is 1130. The zero-order valence-corrected chi connectivity index (χ0v) is 15.3. The van der Waals surface area contributed by atoms with Crippen LogP contribution in [0.5, 0.6) is 11.6 Å². The van der Waals surface area contributed by atoms with Crippen LogP contribution in [0.3, 0.4) is 0 Å². The van der Waals surface area contributed by atoms with Crippen molar-refractivity contribution in [3.05, 3.63) is 82.9 Å². The third-order valence-electron chi connectivity index (χ3n) is 4.68. The molecule has 0 fully saturated rings. The van der Waals surface area contributed by atoms with Gasteiger partial charge in [-0.2, -0.15) is 19.1 Å². The van der Waals surface area contributed by atoms with E-state index in [1.165, 1.54) is 6.07 Å². The molecule has 146 valence electrons. The van der Waals surface area contributed by atoms with Crippen LogP contribution in [0, 0.1) is 18.3 Å². The predicted molar refractivity (Wildman–Crippen MR) is 101 cm³/mol. The van der Waals surface area contributed by atoms with Gasteiger partial charge in [-0.3, -0.25) is 0 Å². The number of aryl methyl sites for hydroxylation is 1. The Balaban J connectivity index is 1.95. The van der Waals surface area contributed by atoms with Crippen molar-refractivity contribution in [3.63, 3.8) is 0 Å². The van der Waals surface area contributed by atoms with E-state index in [1.807, 2.05) is 36.4 Å². The van der Waals surface area contributed by atoms with E-state index in [2.05, 4.69) is 5.10 Å². The van der Waals surface area contributed by atoms with Gasteiger partial charge in [-0.1, -0.05) is 36.4 Å². The minimum Gasteiger partial charge on any atom is -0.435 e. The summed E-state index contributed by atoms with van der Waals surface area (Å²) in [6.45, 7) is -1.24. The summed E-state index contributed by atoms with van der Waals surface area (Å²) in [5.41, 5.74) is 8.43. The zero-order chi connectivity index (χ0) is 20.5. The Morgan fingerprint density at radius 1 is 1.17 bits per heavy atom. The highest BCUT2D eigenvalue weighted by Crippen LogP contribution is 2.47.